The van der Waals surface area contributed by atoms with E-state index in [4.69, 9.17) is 4.42 Å². The van der Waals surface area contributed by atoms with E-state index in [9.17, 15) is 9.59 Å². The van der Waals surface area contributed by atoms with E-state index in [-0.39, 0.29) is 29.2 Å². The highest BCUT2D eigenvalue weighted by Crippen LogP contribution is 2.42. The molecule has 1 aromatic rings. The molecule has 144 valence electrons. The fraction of sp³-hybridized carbons (Fsp3) is 0.714. The second-order valence-electron chi connectivity index (χ2n) is 8.75. The maximum atomic E-state index is 12.9. The van der Waals surface area contributed by atoms with E-state index in [1.165, 1.54) is 0 Å². The first kappa shape index (κ1) is 19.0. The van der Waals surface area contributed by atoms with Gasteiger partial charge in [0.1, 0.15) is 11.5 Å². The van der Waals surface area contributed by atoms with Crippen molar-refractivity contribution in [2.24, 2.45) is 11.3 Å². The maximum absolute atomic E-state index is 12.9. The molecule has 0 bridgehead atoms. The van der Waals surface area contributed by atoms with Crippen LogP contribution in [0.15, 0.2) is 10.5 Å². The number of hydrogen-bond donors (Lipinski definition) is 1. The van der Waals surface area contributed by atoms with Crippen LogP contribution in [0.5, 0.6) is 0 Å². The Morgan fingerprint density at radius 3 is 2.65 bits per heavy atom. The van der Waals surface area contributed by atoms with Crippen molar-refractivity contribution < 1.29 is 14.0 Å². The van der Waals surface area contributed by atoms with E-state index in [0.29, 0.717) is 19.5 Å². The second-order valence-corrected chi connectivity index (χ2v) is 8.75. The SMILES string of the molecule is CCCC(=O)N1CCC(C(=O)NC2CC(C)(C)Cc3oc(C)cc32)CC1. The Morgan fingerprint density at radius 2 is 2.00 bits per heavy atom. The van der Waals surface area contributed by atoms with Crippen LogP contribution in [-0.4, -0.2) is 29.8 Å². The number of hydrogen-bond acceptors (Lipinski definition) is 3. The van der Waals surface area contributed by atoms with Gasteiger partial charge in [-0.1, -0.05) is 20.8 Å². The highest BCUT2D eigenvalue weighted by atomic mass is 16.3. The van der Waals surface area contributed by atoms with Gasteiger partial charge in [0.05, 0.1) is 6.04 Å². The molecule has 2 aliphatic rings. The molecule has 1 atom stereocenters. The minimum atomic E-state index is 0.00200. The zero-order valence-corrected chi connectivity index (χ0v) is 16.6. The summed E-state index contributed by atoms with van der Waals surface area (Å²) in [5, 5.41) is 3.28. The Bertz CT molecular complexity index is 669. The molecule has 5 heteroatoms. The largest absolute Gasteiger partial charge is 0.466 e. The van der Waals surface area contributed by atoms with Gasteiger partial charge in [0.25, 0.3) is 0 Å². The molecule has 1 aliphatic carbocycles. The number of aryl methyl sites for hydroxylation is 1. The lowest BCUT2D eigenvalue weighted by molar-refractivity contribution is -0.136. The van der Waals surface area contributed by atoms with Crippen LogP contribution in [0.25, 0.3) is 0 Å². The molecule has 3 rings (SSSR count). The number of likely N-dealkylation sites (tertiary alicyclic amines) is 1. The molecular formula is C21H32N2O3. The van der Waals surface area contributed by atoms with Crippen LogP contribution in [0, 0.1) is 18.3 Å². The Kier molecular flexibility index (Phi) is 5.44. The molecule has 1 N–H and O–H groups in total. The maximum Gasteiger partial charge on any atom is 0.223 e. The molecule has 0 saturated carbocycles. The van der Waals surface area contributed by atoms with E-state index in [1.54, 1.807) is 0 Å². The Labute approximate surface area is 156 Å². The smallest absolute Gasteiger partial charge is 0.223 e. The van der Waals surface area contributed by atoms with Gasteiger partial charge in [-0.15, -0.1) is 0 Å². The summed E-state index contributed by atoms with van der Waals surface area (Å²) < 4.78 is 5.87. The summed E-state index contributed by atoms with van der Waals surface area (Å²) in [6, 6.07) is 2.10. The quantitative estimate of drug-likeness (QED) is 0.889. The average molecular weight is 360 g/mol. The van der Waals surface area contributed by atoms with E-state index in [1.807, 2.05) is 18.7 Å². The van der Waals surface area contributed by atoms with Gasteiger partial charge in [0.2, 0.25) is 11.8 Å². The number of piperidine rings is 1. The number of nitrogens with one attached hydrogen (secondary N) is 1. The molecule has 0 radical (unpaired) electrons. The Balaban J connectivity index is 1.61. The lowest BCUT2D eigenvalue weighted by Crippen LogP contribution is -2.44. The van der Waals surface area contributed by atoms with E-state index in [2.05, 4.69) is 25.2 Å². The molecule has 1 saturated heterocycles. The molecule has 26 heavy (non-hydrogen) atoms. The van der Waals surface area contributed by atoms with E-state index in [0.717, 1.165) is 49.2 Å². The van der Waals surface area contributed by atoms with Crippen molar-refractivity contribution >= 4 is 11.8 Å². The zero-order valence-electron chi connectivity index (χ0n) is 16.6. The summed E-state index contributed by atoms with van der Waals surface area (Å²) in [6.07, 6.45) is 4.85. The van der Waals surface area contributed by atoms with Crippen LogP contribution in [0.3, 0.4) is 0 Å². The summed E-state index contributed by atoms with van der Waals surface area (Å²) in [6.45, 7) is 9.84. The molecule has 1 aliphatic heterocycles. The molecule has 1 aromatic heterocycles. The van der Waals surface area contributed by atoms with Crippen LogP contribution < -0.4 is 5.32 Å². The average Bonchev–Trinajstić information content (AvgIpc) is 2.94. The molecule has 5 nitrogen and oxygen atoms in total. The third-order valence-electron chi connectivity index (χ3n) is 5.73. The zero-order chi connectivity index (χ0) is 18.9. The molecule has 1 unspecified atom stereocenters. The minimum Gasteiger partial charge on any atom is -0.466 e. The van der Waals surface area contributed by atoms with Gasteiger partial charge in [-0.3, -0.25) is 9.59 Å². The first-order valence-electron chi connectivity index (χ1n) is 9.96. The number of fused-ring (bicyclic) bond motifs is 1. The number of furan rings is 1. The van der Waals surface area contributed by atoms with Crippen LogP contribution in [0.2, 0.25) is 0 Å². The van der Waals surface area contributed by atoms with Crippen molar-refractivity contribution in [3.63, 3.8) is 0 Å². The molecular weight excluding hydrogens is 328 g/mol. The summed E-state index contributed by atoms with van der Waals surface area (Å²) in [4.78, 5) is 26.8. The van der Waals surface area contributed by atoms with E-state index < -0.39 is 0 Å². The molecule has 1 fully saturated rings. The van der Waals surface area contributed by atoms with Gasteiger partial charge in [0, 0.05) is 37.4 Å². The third kappa shape index (κ3) is 4.13. The summed E-state index contributed by atoms with van der Waals surface area (Å²) in [5.41, 5.74) is 1.26. The Morgan fingerprint density at radius 1 is 1.31 bits per heavy atom. The van der Waals surface area contributed by atoms with Gasteiger partial charge in [-0.25, -0.2) is 0 Å². The van der Waals surface area contributed by atoms with Gasteiger partial charge in [0.15, 0.2) is 0 Å². The van der Waals surface area contributed by atoms with Crippen molar-refractivity contribution in [3.05, 3.63) is 23.2 Å². The third-order valence-corrected chi connectivity index (χ3v) is 5.73. The number of nitrogens with zero attached hydrogens (tertiary/aromatic N) is 1. The van der Waals surface area contributed by atoms with Gasteiger partial charge >= 0.3 is 0 Å². The summed E-state index contributed by atoms with van der Waals surface area (Å²) >= 11 is 0. The monoisotopic (exact) mass is 360 g/mol. The lowest BCUT2D eigenvalue weighted by Gasteiger charge is -2.36. The van der Waals surface area contributed by atoms with Gasteiger partial charge in [-0.05, 0) is 44.1 Å². The van der Waals surface area contributed by atoms with Crippen LogP contribution in [0.4, 0.5) is 0 Å². The van der Waals surface area contributed by atoms with Crippen molar-refractivity contribution in [1.29, 1.82) is 0 Å². The first-order chi connectivity index (χ1) is 12.3. The number of carbonyl (C=O) groups excluding carboxylic acids is 2. The summed E-state index contributed by atoms with van der Waals surface area (Å²) in [7, 11) is 0. The number of rotatable bonds is 4. The van der Waals surface area contributed by atoms with Crippen molar-refractivity contribution in [3.8, 4) is 0 Å². The van der Waals surface area contributed by atoms with E-state index >= 15 is 0 Å². The molecule has 2 heterocycles. The summed E-state index contributed by atoms with van der Waals surface area (Å²) in [5.74, 6) is 2.28. The van der Waals surface area contributed by atoms with Crippen molar-refractivity contribution in [1.82, 2.24) is 10.2 Å². The van der Waals surface area contributed by atoms with Crippen LogP contribution >= 0.6 is 0 Å². The fourth-order valence-electron chi connectivity index (χ4n) is 4.37. The normalized spacial score (nSPS) is 22.8. The number of carbonyl (C=O) groups is 2. The highest BCUT2D eigenvalue weighted by molar-refractivity contribution is 5.80. The van der Waals surface area contributed by atoms with Crippen molar-refractivity contribution in [2.75, 3.05) is 13.1 Å². The second kappa shape index (κ2) is 7.45. The van der Waals surface area contributed by atoms with Crippen molar-refractivity contribution in [2.45, 2.75) is 72.3 Å². The molecule has 2 amide bonds. The minimum absolute atomic E-state index is 0.00200. The van der Waals surface area contributed by atoms with Gasteiger partial charge in [-0.2, -0.15) is 0 Å². The van der Waals surface area contributed by atoms with Crippen LogP contribution in [0.1, 0.15) is 76.0 Å². The van der Waals surface area contributed by atoms with Gasteiger partial charge < -0.3 is 14.6 Å². The predicted octanol–water partition coefficient (Wildman–Crippen LogP) is 3.76. The van der Waals surface area contributed by atoms with Crippen LogP contribution in [-0.2, 0) is 16.0 Å². The molecule has 0 spiro atoms. The highest BCUT2D eigenvalue weighted by Gasteiger charge is 2.37. The first-order valence-corrected chi connectivity index (χ1v) is 9.96. The fourth-order valence-corrected chi connectivity index (χ4v) is 4.37. The molecule has 0 aromatic carbocycles. The predicted molar refractivity (Wildman–Crippen MR) is 101 cm³/mol. The Hall–Kier alpha value is -1.78. The standard InChI is InChI=1S/C21H32N2O3/c1-5-6-19(24)23-9-7-15(8-10-23)20(25)22-17-12-21(3,4)13-18-16(17)11-14(2)26-18/h11,15,17H,5-10,12-13H2,1-4H3,(H,22,25). The number of amides is 2. The lowest BCUT2D eigenvalue weighted by atomic mass is 9.74. The topological polar surface area (TPSA) is 62.6 Å².